The van der Waals surface area contributed by atoms with Crippen LogP contribution in [-0.2, 0) is 11.2 Å². The van der Waals surface area contributed by atoms with Gasteiger partial charge in [0.15, 0.2) is 5.78 Å². The summed E-state index contributed by atoms with van der Waals surface area (Å²) in [5.41, 5.74) is 1.53. The molecule has 1 aliphatic carbocycles. The van der Waals surface area contributed by atoms with Crippen molar-refractivity contribution in [1.29, 1.82) is 0 Å². The van der Waals surface area contributed by atoms with Gasteiger partial charge in [-0.3, -0.25) is 4.79 Å². The Labute approximate surface area is 120 Å². The lowest BCUT2D eigenvalue weighted by Crippen LogP contribution is -2.36. The predicted molar refractivity (Wildman–Crippen MR) is 77.4 cm³/mol. The predicted octanol–water partition coefficient (Wildman–Crippen LogP) is 3.54. The van der Waals surface area contributed by atoms with Crippen molar-refractivity contribution in [1.82, 2.24) is 0 Å². The minimum absolute atomic E-state index is 0.0349. The van der Waals surface area contributed by atoms with E-state index in [1.165, 1.54) is 0 Å². The lowest BCUT2D eigenvalue weighted by atomic mass is 9.97. The zero-order chi connectivity index (χ0) is 14.5. The molecule has 0 amide bonds. The molecule has 1 heterocycles. The van der Waals surface area contributed by atoms with Gasteiger partial charge in [0.2, 0.25) is 0 Å². The number of fused-ring (bicyclic) bond motifs is 1. The fourth-order valence-electron chi connectivity index (χ4n) is 3.36. The molecule has 1 aromatic carbocycles. The van der Waals surface area contributed by atoms with Gasteiger partial charge in [-0.1, -0.05) is 0 Å². The fourth-order valence-corrected chi connectivity index (χ4v) is 3.36. The van der Waals surface area contributed by atoms with Crippen LogP contribution in [0.5, 0.6) is 5.75 Å². The van der Waals surface area contributed by atoms with Crippen molar-refractivity contribution in [3.63, 3.8) is 0 Å². The lowest BCUT2D eigenvalue weighted by Gasteiger charge is -2.27. The normalized spacial score (nSPS) is 26.6. The smallest absolute Gasteiger partial charge is 0.163 e. The Kier molecular flexibility index (Phi) is 2.94. The molecule has 0 radical (unpaired) electrons. The summed E-state index contributed by atoms with van der Waals surface area (Å²) < 4.78 is 12.2. The average molecular weight is 274 g/mol. The van der Waals surface area contributed by atoms with Crippen LogP contribution in [0.4, 0.5) is 0 Å². The van der Waals surface area contributed by atoms with E-state index < -0.39 is 0 Å². The molecule has 1 fully saturated rings. The third-order valence-corrected chi connectivity index (χ3v) is 4.27. The summed E-state index contributed by atoms with van der Waals surface area (Å²) in [6, 6.07) is 5.82. The number of aryl methyl sites for hydroxylation is 1. The monoisotopic (exact) mass is 274 g/mol. The summed E-state index contributed by atoms with van der Waals surface area (Å²) in [5, 5.41) is 0. The van der Waals surface area contributed by atoms with Gasteiger partial charge in [-0.15, -0.1) is 0 Å². The van der Waals surface area contributed by atoms with Crippen molar-refractivity contribution >= 4 is 5.78 Å². The summed E-state index contributed by atoms with van der Waals surface area (Å²) in [7, 11) is 0. The number of hydrogen-bond acceptors (Lipinski definition) is 3. The second-order valence-corrected chi connectivity index (χ2v) is 7.02. The number of ketones is 1. The van der Waals surface area contributed by atoms with E-state index in [-0.39, 0.29) is 23.1 Å². The van der Waals surface area contributed by atoms with E-state index in [1.807, 2.05) is 18.2 Å². The SMILES string of the molecule is CC1(C)CC(Oc2ccc3c(c2)CCC3=O)C(C)(C)O1. The van der Waals surface area contributed by atoms with Crippen LogP contribution in [-0.4, -0.2) is 23.1 Å². The highest BCUT2D eigenvalue weighted by molar-refractivity contribution is 6.00. The van der Waals surface area contributed by atoms with Gasteiger partial charge >= 0.3 is 0 Å². The van der Waals surface area contributed by atoms with E-state index in [0.717, 1.165) is 29.7 Å². The molecule has 3 nitrogen and oxygen atoms in total. The second kappa shape index (κ2) is 4.32. The average Bonchev–Trinajstić information content (AvgIpc) is 2.77. The van der Waals surface area contributed by atoms with Crippen molar-refractivity contribution < 1.29 is 14.3 Å². The number of hydrogen-bond donors (Lipinski definition) is 0. The summed E-state index contributed by atoms with van der Waals surface area (Å²) in [4.78, 5) is 11.6. The first-order chi connectivity index (χ1) is 9.27. The first-order valence-corrected chi connectivity index (χ1v) is 7.30. The van der Waals surface area contributed by atoms with Crippen molar-refractivity contribution in [3.8, 4) is 5.75 Å². The molecule has 20 heavy (non-hydrogen) atoms. The van der Waals surface area contributed by atoms with E-state index in [4.69, 9.17) is 9.47 Å². The van der Waals surface area contributed by atoms with E-state index in [1.54, 1.807) is 0 Å². The van der Waals surface area contributed by atoms with Crippen LogP contribution in [0.15, 0.2) is 18.2 Å². The molecule has 0 saturated carbocycles. The Morgan fingerprint density at radius 1 is 1.20 bits per heavy atom. The highest BCUT2D eigenvalue weighted by Gasteiger charge is 2.47. The molecular weight excluding hydrogens is 252 g/mol. The molecular formula is C17H22O3. The van der Waals surface area contributed by atoms with E-state index in [0.29, 0.717) is 6.42 Å². The van der Waals surface area contributed by atoms with Crippen LogP contribution in [0, 0.1) is 0 Å². The van der Waals surface area contributed by atoms with Crippen molar-refractivity contribution in [2.75, 3.05) is 0 Å². The van der Waals surface area contributed by atoms with Crippen LogP contribution in [0.1, 0.15) is 56.5 Å². The van der Waals surface area contributed by atoms with Crippen LogP contribution >= 0.6 is 0 Å². The zero-order valence-electron chi connectivity index (χ0n) is 12.7. The van der Waals surface area contributed by atoms with Crippen LogP contribution in [0.3, 0.4) is 0 Å². The molecule has 1 saturated heterocycles. The first kappa shape index (κ1) is 13.6. The lowest BCUT2D eigenvalue weighted by molar-refractivity contribution is -0.0846. The number of Topliss-reactive ketones (excluding diaryl/α,β-unsaturated/α-hetero) is 1. The maximum Gasteiger partial charge on any atom is 0.163 e. The van der Waals surface area contributed by atoms with Crippen LogP contribution < -0.4 is 4.74 Å². The number of rotatable bonds is 2. The Morgan fingerprint density at radius 3 is 2.60 bits per heavy atom. The largest absolute Gasteiger partial charge is 0.487 e. The minimum Gasteiger partial charge on any atom is -0.487 e. The Hall–Kier alpha value is -1.35. The van der Waals surface area contributed by atoms with E-state index in [2.05, 4.69) is 27.7 Å². The van der Waals surface area contributed by atoms with Crippen molar-refractivity contribution in [2.45, 2.75) is 64.3 Å². The molecule has 0 N–H and O–H groups in total. The fraction of sp³-hybridized carbons (Fsp3) is 0.588. The molecule has 3 heteroatoms. The number of carbonyl (C=O) groups excluding carboxylic acids is 1. The maximum atomic E-state index is 11.6. The summed E-state index contributed by atoms with van der Waals surface area (Å²) in [6.45, 7) is 8.34. The summed E-state index contributed by atoms with van der Waals surface area (Å²) in [5.74, 6) is 1.09. The zero-order valence-corrected chi connectivity index (χ0v) is 12.7. The van der Waals surface area contributed by atoms with Gasteiger partial charge in [-0.05, 0) is 57.9 Å². The van der Waals surface area contributed by atoms with Crippen LogP contribution in [0.2, 0.25) is 0 Å². The highest BCUT2D eigenvalue weighted by atomic mass is 16.6. The van der Waals surface area contributed by atoms with Gasteiger partial charge in [0, 0.05) is 18.4 Å². The molecule has 1 aliphatic heterocycles. The number of carbonyl (C=O) groups is 1. The molecule has 0 bridgehead atoms. The molecule has 0 aromatic heterocycles. The number of ether oxygens (including phenoxy) is 2. The maximum absolute atomic E-state index is 11.6. The highest BCUT2D eigenvalue weighted by Crippen LogP contribution is 2.40. The van der Waals surface area contributed by atoms with Crippen LogP contribution in [0.25, 0.3) is 0 Å². The minimum atomic E-state index is -0.293. The van der Waals surface area contributed by atoms with Crippen molar-refractivity contribution in [3.05, 3.63) is 29.3 Å². The Bertz CT molecular complexity index is 557. The first-order valence-electron chi connectivity index (χ1n) is 7.30. The van der Waals surface area contributed by atoms with E-state index >= 15 is 0 Å². The molecule has 3 rings (SSSR count). The topological polar surface area (TPSA) is 35.5 Å². The van der Waals surface area contributed by atoms with E-state index in [9.17, 15) is 4.79 Å². The summed E-state index contributed by atoms with van der Waals surface area (Å²) >= 11 is 0. The Morgan fingerprint density at radius 2 is 1.95 bits per heavy atom. The van der Waals surface area contributed by atoms with Gasteiger partial charge in [-0.25, -0.2) is 0 Å². The number of benzene rings is 1. The standard InChI is InChI=1S/C17H22O3/c1-16(2)10-15(17(3,4)20-16)19-12-6-7-13-11(9-12)5-8-14(13)18/h6-7,9,15H,5,8,10H2,1-4H3. The van der Waals surface area contributed by atoms with Gasteiger partial charge < -0.3 is 9.47 Å². The quantitative estimate of drug-likeness (QED) is 0.827. The van der Waals surface area contributed by atoms with Crippen molar-refractivity contribution in [2.24, 2.45) is 0 Å². The third kappa shape index (κ3) is 2.35. The van der Waals surface area contributed by atoms with Gasteiger partial charge in [0.1, 0.15) is 17.5 Å². The molecule has 1 unspecified atom stereocenters. The van der Waals surface area contributed by atoms with Gasteiger partial charge in [-0.2, -0.15) is 0 Å². The molecule has 108 valence electrons. The third-order valence-electron chi connectivity index (χ3n) is 4.27. The molecule has 1 aromatic rings. The summed E-state index contributed by atoms with van der Waals surface area (Å²) in [6.07, 6.45) is 2.37. The molecule has 0 spiro atoms. The molecule has 2 aliphatic rings. The second-order valence-electron chi connectivity index (χ2n) is 7.02. The van der Waals surface area contributed by atoms with Gasteiger partial charge in [0.25, 0.3) is 0 Å². The molecule has 1 atom stereocenters. The van der Waals surface area contributed by atoms with Gasteiger partial charge in [0.05, 0.1) is 5.60 Å². The Balaban J connectivity index is 1.81.